The van der Waals surface area contributed by atoms with Gasteiger partial charge in [-0.1, -0.05) is 53.0 Å². The molecule has 0 spiro atoms. The standard InChI is InChI=1S/C25H38F6O2Si/c1-17(11-8-9-16-23(32,24(26,27)28)25(29,30)31)18-13-14-19-20(12-10-15-22(18,19)5)33-34(6,7)21(2,3)4/h8,11,17-20,32H,10,12-15H2,1-7H3. The summed E-state index contributed by atoms with van der Waals surface area (Å²) < 4.78 is 83.5. The Morgan fingerprint density at radius 1 is 1.03 bits per heavy atom. The van der Waals surface area contributed by atoms with Crippen LogP contribution in [0.4, 0.5) is 26.3 Å². The highest BCUT2D eigenvalue weighted by atomic mass is 28.4. The van der Waals surface area contributed by atoms with Crippen molar-refractivity contribution < 1.29 is 35.9 Å². The maximum absolute atomic E-state index is 12.8. The molecule has 196 valence electrons. The van der Waals surface area contributed by atoms with E-state index in [1.165, 1.54) is 0 Å². The van der Waals surface area contributed by atoms with E-state index in [0.717, 1.165) is 44.1 Å². The molecule has 0 amide bonds. The summed E-state index contributed by atoms with van der Waals surface area (Å²) in [4.78, 5) is 0. The fraction of sp³-hybridized carbons (Fsp3) is 0.840. The normalized spacial score (nSPS) is 30.1. The Morgan fingerprint density at radius 2 is 1.59 bits per heavy atom. The first kappa shape index (κ1) is 29.2. The van der Waals surface area contributed by atoms with Gasteiger partial charge < -0.3 is 9.53 Å². The molecule has 0 radical (unpaired) electrons. The summed E-state index contributed by atoms with van der Waals surface area (Å²) in [6, 6.07) is 0. The minimum atomic E-state index is -5.94. The molecule has 5 atom stereocenters. The van der Waals surface area contributed by atoms with Crippen LogP contribution in [-0.2, 0) is 4.43 Å². The first-order valence-corrected chi connectivity index (χ1v) is 14.8. The second-order valence-electron chi connectivity index (χ2n) is 11.8. The smallest absolute Gasteiger partial charge is 0.414 e. The lowest BCUT2D eigenvalue weighted by Gasteiger charge is -2.49. The van der Waals surface area contributed by atoms with Crippen LogP contribution in [0.1, 0.15) is 66.7 Å². The molecule has 5 unspecified atom stereocenters. The average Bonchev–Trinajstić information content (AvgIpc) is 3.00. The molecule has 0 saturated heterocycles. The number of allylic oxidation sites excluding steroid dienone is 2. The lowest BCUT2D eigenvalue weighted by molar-refractivity contribution is -0.343. The van der Waals surface area contributed by atoms with E-state index in [-0.39, 0.29) is 28.4 Å². The third-order valence-electron chi connectivity index (χ3n) is 8.58. The molecule has 2 rings (SSSR count). The Hall–Kier alpha value is -0.983. The van der Waals surface area contributed by atoms with Crippen LogP contribution in [0.5, 0.6) is 0 Å². The Morgan fingerprint density at radius 3 is 2.09 bits per heavy atom. The molecule has 0 aromatic heterocycles. The molecule has 0 aliphatic heterocycles. The maximum atomic E-state index is 12.8. The SMILES string of the molecule is CC(C=CC#CC(O)(C(F)(F)F)C(F)(F)F)C1CCC2C(O[Si](C)(C)C(C)(C)C)CCCC12C. The Labute approximate surface area is 200 Å². The first-order chi connectivity index (χ1) is 15.2. The van der Waals surface area contributed by atoms with Gasteiger partial charge in [0.05, 0.1) is 0 Å². The molecule has 9 heteroatoms. The van der Waals surface area contributed by atoms with Crippen LogP contribution < -0.4 is 0 Å². The molecule has 1 N–H and O–H groups in total. The van der Waals surface area contributed by atoms with Crippen molar-refractivity contribution in [1.29, 1.82) is 0 Å². The molecule has 0 aromatic rings. The number of rotatable bonds is 4. The first-order valence-electron chi connectivity index (χ1n) is 11.9. The van der Waals surface area contributed by atoms with Crippen LogP contribution in [0.3, 0.4) is 0 Å². The number of fused-ring (bicyclic) bond motifs is 1. The van der Waals surface area contributed by atoms with E-state index in [1.54, 1.807) is 12.0 Å². The highest BCUT2D eigenvalue weighted by Gasteiger charge is 2.70. The third kappa shape index (κ3) is 5.54. The van der Waals surface area contributed by atoms with Gasteiger partial charge in [0.25, 0.3) is 0 Å². The van der Waals surface area contributed by atoms with E-state index < -0.39 is 26.3 Å². The molecule has 2 aliphatic carbocycles. The minimum absolute atomic E-state index is 0.0128. The van der Waals surface area contributed by atoms with Gasteiger partial charge >= 0.3 is 18.0 Å². The predicted molar refractivity (Wildman–Crippen MR) is 123 cm³/mol. The largest absolute Gasteiger partial charge is 0.438 e. The van der Waals surface area contributed by atoms with E-state index in [1.807, 2.05) is 6.92 Å². The zero-order valence-corrected chi connectivity index (χ0v) is 22.1. The summed E-state index contributed by atoms with van der Waals surface area (Å²) in [5.41, 5.74) is -5.06. The van der Waals surface area contributed by atoms with Crippen molar-refractivity contribution in [3.05, 3.63) is 12.2 Å². The van der Waals surface area contributed by atoms with Gasteiger partial charge in [-0.3, -0.25) is 0 Å². The number of aliphatic hydroxyl groups is 1. The predicted octanol–water partition coefficient (Wildman–Crippen LogP) is 7.64. The van der Waals surface area contributed by atoms with Crippen LogP contribution >= 0.6 is 0 Å². The van der Waals surface area contributed by atoms with Crippen LogP contribution in [0.15, 0.2) is 12.2 Å². The highest BCUT2D eigenvalue weighted by Crippen LogP contribution is 2.59. The maximum Gasteiger partial charge on any atom is 0.438 e. The minimum Gasteiger partial charge on any atom is -0.414 e. The summed E-state index contributed by atoms with van der Waals surface area (Å²) in [5, 5.41) is 9.27. The summed E-state index contributed by atoms with van der Waals surface area (Å²) >= 11 is 0. The molecule has 2 fully saturated rings. The lowest BCUT2D eigenvalue weighted by Crippen LogP contribution is -2.55. The second kappa shape index (κ2) is 9.47. The van der Waals surface area contributed by atoms with Crippen LogP contribution in [-0.4, -0.2) is 37.5 Å². The van der Waals surface area contributed by atoms with Crippen molar-refractivity contribution in [2.24, 2.45) is 23.2 Å². The van der Waals surface area contributed by atoms with E-state index in [4.69, 9.17) is 9.53 Å². The third-order valence-corrected chi connectivity index (χ3v) is 13.1. The molecule has 2 nitrogen and oxygen atoms in total. The lowest BCUT2D eigenvalue weighted by atomic mass is 9.62. The molecule has 34 heavy (non-hydrogen) atoms. The molecule has 0 bridgehead atoms. The van der Waals surface area contributed by atoms with E-state index in [2.05, 4.69) is 40.8 Å². The molecule has 0 heterocycles. The molecule has 2 saturated carbocycles. The molecular weight excluding hydrogens is 474 g/mol. The van der Waals surface area contributed by atoms with Gasteiger partial charge in [-0.15, -0.1) is 0 Å². The summed E-state index contributed by atoms with van der Waals surface area (Å²) in [7, 11) is -1.95. The van der Waals surface area contributed by atoms with Gasteiger partial charge in [0.2, 0.25) is 0 Å². The Bertz CT molecular complexity index is 800. The number of hydrogen-bond acceptors (Lipinski definition) is 2. The fourth-order valence-corrected chi connectivity index (χ4v) is 6.90. The van der Waals surface area contributed by atoms with Crippen LogP contribution in [0, 0.1) is 35.0 Å². The van der Waals surface area contributed by atoms with Crippen LogP contribution in [0.2, 0.25) is 18.1 Å². The van der Waals surface area contributed by atoms with E-state index in [0.29, 0.717) is 5.92 Å². The van der Waals surface area contributed by atoms with Gasteiger partial charge in [0, 0.05) is 6.10 Å². The van der Waals surface area contributed by atoms with Crippen molar-refractivity contribution in [3.8, 4) is 11.8 Å². The molecular formula is C25H38F6O2Si. The highest BCUT2D eigenvalue weighted by molar-refractivity contribution is 6.74. The van der Waals surface area contributed by atoms with E-state index >= 15 is 0 Å². The second-order valence-corrected chi connectivity index (χ2v) is 16.6. The fourth-order valence-electron chi connectivity index (χ4n) is 5.50. The van der Waals surface area contributed by atoms with Gasteiger partial charge in [-0.25, -0.2) is 0 Å². The Kier molecular flexibility index (Phi) is 8.15. The monoisotopic (exact) mass is 512 g/mol. The quantitative estimate of drug-likeness (QED) is 0.238. The van der Waals surface area contributed by atoms with Crippen molar-refractivity contribution >= 4 is 8.32 Å². The molecule has 2 aliphatic rings. The van der Waals surface area contributed by atoms with Gasteiger partial charge in [0.15, 0.2) is 8.32 Å². The van der Waals surface area contributed by atoms with E-state index in [9.17, 15) is 26.3 Å². The number of halogens is 6. The van der Waals surface area contributed by atoms with Crippen molar-refractivity contribution in [1.82, 2.24) is 0 Å². The van der Waals surface area contributed by atoms with Crippen molar-refractivity contribution in [3.63, 3.8) is 0 Å². The Balaban J connectivity index is 2.18. The van der Waals surface area contributed by atoms with Gasteiger partial charge in [-0.05, 0) is 79.0 Å². The van der Waals surface area contributed by atoms with Gasteiger partial charge in [-0.2, -0.15) is 26.3 Å². The average molecular weight is 513 g/mol. The summed E-state index contributed by atoms with van der Waals surface area (Å²) in [6.45, 7) is 15.3. The van der Waals surface area contributed by atoms with Crippen molar-refractivity contribution in [2.45, 2.75) is 109 Å². The van der Waals surface area contributed by atoms with Crippen LogP contribution in [0.25, 0.3) is 0 Å². The number of hydrogen-bond donors (Lipinski definition) is 1. The zero-order chi connectivity index (χ0) is 26.4. The zero-order valence-electron chi connectivity index (χ0n) is 21.1. The van der Waals surface area contributed by atoms with Crippen molar-refractivity contribution in [2.75, 3.05) is 0 Å². The summed E-state index contributed by atoms with van der Waals surface area (Å²) in [6.07, 6.45) is -4.14. The topological polar surface area (TPSA) is 29.5 Å². The summed E-state index contributed by atoms with van der Waals surface area (Å²) in [5.74, 6) is 3.31. The number of alkyl halides is 6. The van der Waals surface area contributed by atoms with Gasteiger partial charge in [0.1, 0.15) is 0 Å². The molecule has 0 aromatic carbocycles.